The molecule has 0 aliphatic heterocycles. The molecule has 0 atom stereocenters. The number of hydrogen-bond donors (Lipinski definition) is 3. The molecule has 0 saturated carbocycles. The molecule has 42 heavy (non-hydrogen) atoms. The van der Waals surface area contributed by atoms with E-state index in [9.17, 15) is 9.59 Å². The number of benzene rings is 2. The third-order valence-electron chi connectivity index (χ3n) is 7.38. The van der Waals surface area contributed by atoms with Crippen LogP contribution in [0.1, 0.15) is 52.2 Å². The number of hydrogen-bond acceptors (Lipinski definition) is 6. The van der Waals surface area contributed by atoms with Gasteiger partial charge in [-0.2, -0.15) is 5.10 Å². The SMILES string of the molecule is COc1ccc(Cn2cc(C(=O)Nc3cc(-c4[nH]c5c(c4Nc4ccccc4)C(=O)CC(C)(C)C5)ccn3)cn2)cc1. The van der Waals surface area contributed by atoms with Crippen LogP contribution in [0.3, 0.4) is 0 Å². The number of nitrogens with zero attached hydrogens (tertiary/aromatic N) is 3. The minimum atomic E-state index is -0.314. The first-order valence-electron chi connectivity index (χ1n) is 13.8. The lowest BCUT2D eigenvalue weighted by molar-refractivity contribution is 0.0912. The van der Waals surface area contributed by atoms with Crippen molar-refractivity contribution in [1.29, 1.82) is 0 Å². The minimum absolute atomic E-state index is 0.108. The summed E-state index contributed by atoms with van der Waals surface area (Å²) in [5.41, 5.74) is 6.13. The van der Waals surface area contributed by atoms with Crippen LogP contribution in [0.25, 0.3) is 11.3 Å². The summed E-state index contributed by atoms with van der Waals surface area (Å²) in [6.07, 6.45) is 6.13. The first-order chi connectivity index (χ1) is 20.3. The van der Waals surface area contributed by atoms with Crippen molar-refractivity contribution in [3.63, 3.8) is 0 Å². The van der Waals surface area contributed by atoms with Crippen LogP contribution in [0.4, 0.5) is 17.2 Å². The van der Waals surface area contributed by atoms with E-state index in [1.807, 2.05) is 66.7 Å². The van der Waals surface area contributed by atoms with Gasteiger partial charge in [0.2, 0.25) is 0 Å². The summed E-state index contributed by atoms with van der Waals surface area (Å²) in [6.45, 7) is 4.74. The number of amides is 1. The molecule has 0 fully saturated rings. The number of Topliss-reactive ketones (excluding diaryl/α,β-unsaturated/α-hetero) is 1. The number of anilines is 3. The minimum Gasteiger partial charge on any atom is -0.497 e. The number of carbonyl (C=O) groups excluding carboxylic acids is 2. The maximum atomic E-state index is 13.3. The zero-order valence-electron chi connectivity index (χ0n) is 23.8. The molecule has 212 valence electrons. The van der Waals surface area contributed by atoms with Gasteiger partial charge >= 0.3 is 0 Å². The Labute approximate surface area is 244 Å². The number of ketones is 1. The Bertz CT molecular complexity index is 1750. The van der Waals surface area contributed by atoms with Crippen LogP contribution >= 0.6 is 0 Å². The van der Waals surface area contributed by atoms with Gasteiger partial charge in [-0.3, -0.25) is 14.3 Å². The topological polar surface area (TPSA) is 114 Å². The van der Waals surface area contributed by atoms with Crippen molar-refractivity contribution in [2.75, 3.05) is 17.7 Å². The molecule has 0 spiro atoms. The molecular formula is C33H32N6O3. The molecule has 3 aromatic heterocycles. The van der Waals surface area contributed by atoms with E-state index in [1.165, 1.54) is 6.20 Å². The van der Waals surface area contributed by atoms with Crippen LogP contribution in [0.2, 0.25) is 0 Å². The van der Waals surface area contributed by atoms with E-state index in [1.54, 1.807) is 24.2 Å². The van der Waals surface area contributed by atoms with Crippen molar-refractivity contribution in [2.45, 2.75) is 33.2 Å². The van der Waals surface area contributed by atoms with Gasteiger partial charge in [-0.05, 0) is 53.8 Å². The second-order valence-electron chi connectivity index (χ2n) is 11.3. The third-order valence-corrected chi connectivity index (χ3v) is 7.38. The standard InChI is InChI=1S/C33H32N6O3/c1-33(2)16-26-29(27(40)17-33)31(36-24-7-5-4-6-8-24)30(37-26)22-13-14-34-28(15-22)38-32(41)23-18-35-39(20-23)19-21-9-11-25(42-3)12-10-21/h4-15,18,20,36-37H,16-17,19H2,1-3H3,(H,34,38,41). The molecule has 0 radical (unpaired) electrons. The van der Waals surface area contributed by atoms with Crippen molar-refractivity contribution in [2.24, 2.45) is 5.41 Å². The highest BCUT2D eigenvalue weighted by atomic mass is 16.5. The predicted octanol–water partition coefficient (Wildman–Crippen LogP) is 6.48. The summed E-state index contributed by atoms with van der Waals surface area (Å²) >= 11 is 0. The molecule has 1 aliphatic rings. The summed E-state index contributed by atoms with van der Waals surface area (Å²) in [5.74, 6) is 0.972. The van der Waals surface area contributed by atoms with Crippen molar-refractivity contribution in [3.05, 3.63) is 108 Å². The molecule has 9 heteroatoms. The Kier molecular flexibility index (Phi) is 7.08. The van der Waals surface area contributed by atoms with Crippen molar-refractivity contribution >= 4 is 28.9 Å². The number of para-hydroxylation sites is 1. The zero-order chi connectivity index (χ0) is 29.3. The number of rotatable bonds is 8. The number of ether oxygens (including phenoxy) is 1. The summed E-state index contributed by atoms with van der Waals surface area (Å²) < 4.78 is 6.93. The number of H-pyrrole nitrogens is 1. The number of aromatic amines is 1. The Morgan fingerprint density at radius 2 is 1.86 bits per heavy atom. The zero-order valence-corrected chi connectivity index (χ0v) is 23.8. The molecule has 2 aromatic carbocycles. The molecule has 5 aromatic rings. The first kappa shape index (κ1) is 27.0. The van der Waals surface area contributed by atoms with Gasteiger partial charge in [0.25, 0.3) is 5.91 Å². The van der Waals surface area contributed by atoms with E-state index in [0.29, 0.717) is 29.9 Å². The fraction of sp³-hybridized carbons (Fsp3) is 0.212. The van der Waals surface area contributed by atoms with Gasteiger partial charge in [0, 0.05) is 35.8 Å². The largest absolute Gasteiger partial charge is 0.497 e. The van der Waals surface area contributed by atoms with E-state index in [-0.39, 0.29) is 17.1 Å². The highest BCUT2D eigenvalue weighted by Crippen LogP contribution is 2.43. The number of aromatic nitrogens is 4. The number of nitrogens with one attached hydrogen (secondary N) is 3. The predicted molar refractivity (Wildman–Crippen MR) is 162 cm³/mol. The monoisotopic (exact) mass is 560 g/mol. The third kappa shape index (κ3) is 5.67. The lowest BCUT2D eigenvalue weighted by Gasteiger charge is -2.28. The second kappa shape index (κ2) is 11.0. The normalized spacial score (nSPS) is 13.8. The quantitative estimate of drug-likeness (QED) is 0.200. The van der Waals surface area contributed by atoms with Gasteiger partial charge in [-0.1, -0.05) is 44.2 Å². The summed E-state index contributed by atoms with van der Waals surface area (Å²) in [7, 11) is 1.63. The molecule has 0 bridgehead atoms. The maximum absolute atomic E-state index is 13.3. The fourth-order valence-corrected chi connectivity index (χ4v) is 5.39. The van der Waals surface area contributed by atoms with Crippen LogP contribution in [0.15, 0.2) is 85.3 Å². The summed E-state index contributed by atoms with van der Waals surface area (Å²) in [4.78, 5) is 34.3. The van der Waals surface area contributed by atoms with E-state index in [2.05, 4.69) is 39.5 Å². The molecular weight excluding hydrogens is 528 g/mol. The lowest BCUT2D eigenvalue weighted by atomic mass is 9.76. The van der Waals surface area contributed by atoms with Crippen LogP contribution in [0.5, 0.6) is 5.75 Å². The van der Waals surface area contributed by atoms with Crippen molar-refractivity contribution in [1.82, 2.24) is 19.7 Å². The van der Waals surface area contributed by atoms with E-state index < -0.39 is 0 Å². The molecule has 6 rings (SSSR count). The van der Waals surface area contributed by atoms with Crippen LogP contribution < -0.4 is 15.4 Å². The number of fused-ring (bicyclic) bond motifs is 1. The molecule has 1 aliphatic carbocycles. The van der Waals surface area contributed by atoms with Crippen molar-refractivity contribution in [3.8, 4) is 17.0 Å². The van der Waals surface area contributed by atoms with Crippen LogP contribution in [0, 0.1) is 5.41 Å². The van der Waals surface area contributed by atoms with Gasteiger partial charge in [0.15, 0.2) is 5.78 Å². The smallest absolute Gasteiger partial charge is 0.260 e. The highest BCUT2D eigenvalue weighted by molar-refractivity contribution is 6.08. The van der Waals surface area contributed by atoms with Crippen LogP contribution in [-0.4, -0.2) is 38.5 Å². The average Bonchev–Trinajstić information content (AvgIpc) is 3.58. The second-order valence-corrected chi connectivity index (χ2v) is 11.3. The average molecular weight is 561 g/mol. The van der Waals surface area contributed by atoms with Gasteiger partial charge in [0.1, 0.15) is 11.6 Å². The Morgan fingerprint density at radius 1 is 1.07 bits per heavy atom. The molecule has 3 N–H and O–H groups in total. The number of pyridine rings is 1. The molecule has 1 amide bonds. The highest BCUT2D eigenvalue weighted by Gasteiger charge is 2.35. The molecule has 0 unspecified atom stereocenters. The molecule has 0 saturated heterocycles. The molecule has 3 heterocycles. The number of methoxy groups -OCH3 is 1. The Balaban J connectivity index is 1.25. The Morgan fingerprint density at radius 3 is 2.62 bits per heavy atom. The fourth-order valence-electron chi connectivity index (χ4n) is 5.39. The van der Waals surface area contributed by atoms with Gasteiger partial charge in [0.05, 0.1) is 42.4 Å². The van der Waals surface area contributed by atoms with Gasteiger partial charge < -0.3 is 20.4 Å². The van der Waals surface area contributed by atoms with Gasteiger partial charge in [-0.15, -0.1) is 0 Å². The summed E-state index contributed by atoms with van der Waals surface area (Å²) in [5, 5.41) is 10.7. The summed E-state index contributed by atoms with van der Waals surface area (Å²) in [6, 6.07) is 21.2. The van der Waals surface area contributed by atoms with E-state index in [4.69, 9.17) is 4.74 Å². The maximum Gasteiger partial charge on any atom is 0.260 e. The molecule has 9 nitrogen and oxygen atoms in total. The Hall–Kier alpha value is -5.18. The van der Waals surface area contributed by atoms with Gasteiger partial charge in [-0.25, -0.2) is 4.98 Å². The van der Waals surface area contributed by atoms with Crippen LogP contribution in [-0.2, 0) is 13.0 Å². The first-order valence-corrected chi connectivity index (χ1v) is 13.8. The lowest BCUT2D eigenvalue weighted by Crippen LogP contribution is -2.26. The van der Waals surface area contributed by atoms with E-state index >= 15 is 0 Å². The van der Waals surface area contributed by atoms with E-state index in [0.717, 1.165) is 46.1 Å². The number of carbonyl (C=O) groups is 2. The van der Waals surface area contributed by atoms with Crippen molar-refractivity contribution < 1.29 is 14.3 Å².